The third-order valence-corrected chi connectivity index (χ3v) is 2.79. The van der Waals surface area contributed by atoms with Crippen molar-refractivity contribution in [1.82, 2.24) is 5.16 Å². The highest BCUT2D eigenvalue weighted by atomic mass is 19.2. The lowest BCUT2D eigenvalue weighted by Gasteiger charge is -2.14. The Balaban J connectivity index is 2.73. The molecule has 1 heterocycles. The summed E-state index contributed by atoms with van der Waals surface area (Å²) < 4.78 is 32.1. The number of hydrogen-bond acceptors (Lipinski definition) is 3. The summed E-state index contributed by atoms with van der Waals surface area (Å²) in [4.78, 5) is 11.4. The molecule has 4 nitrogen and oxygen atoms in total. The Morgan fingerprint density at radius 2 is 1.95 bits per heavy atom. The predicted octanol–water partition coefficient (Wildman–Crippen LogP) is 3.62. The second kappa shape index (κ2) is 4.70. The Kier molecular flexibility index (Phi) is 3.33. The lowest BCUT2D eigenvalue weighted by molar-refractivity contribution is 0.0692. The fourth-order valence-electron chi connectivity index (χ4n) is 1.87. The number of rotatable bonds is 2. The van der Waals surface area contributed by atoms with Crippen LogP contribution in [0.5, 0.6) is 0 Å². The van der Waals surface area contributed by atoms with Gasteiger partial charge in [0.05, 0.1) is 0 Å². The first kappa shape index (κ1) is 14.2. The van der Waals surface area contributed by atoms with E-state index in [2.05, 4.69) is 5.16 Å². The number of aromatic nitrogens is 1. The van der Waals surface area contributed by atoms with E-state index in [0.29, 0.717) is 0 Å². The van der Waals surface area contributed by atoms with Crippen LogP contribution in [0.2, 0.25) is 0 Å². The van der Waals surface area contributed by atoms with Crippen LogP contribution in [0.15, 0.2) is 22.7 Å². The molecule has 1 aromatic carbocycles. The molecular weight excluding hydrogens is 268 g/mol. The van der Waals surface area contributed by atoms with Crippen LogP contribution in [-0.4, -0.2) is 16.2 Å². The molecule has 2 rings (SSSR count). The van der Waals surface area contributed by atoms with Crippen molar-refractivity contribution in [3.05, 3.63) is 41.2 Å². The molecule has 0 saturated heterocycles. The zero-order valence-electron chi connectivity index (χ0n) is 11.2. The van der Waals surface area contributed by atoms with E-state index in [9.17, 15) is 18.7 Å². The number of nitrogens with zero attached hydrogens (tertiary/aromatic N) is 1. The van der Waals surface area contributed by atoms with Crippen molar-refractivity contribution < 1.29 is 23.2 Å². The number of carbonyl (C=O) groups is 1. The molecule has 0 aliphatic carbocycles. The molecule has 0 unspecified atom stereocenters. The summed E-state index contributed by atoms with van der Waals surface area (Å²) in [5.74, 6) is -3.40. The van der Waals surface area contributed by atoms with Gasteiger partial charge in [0.15, 0.2) is 17.4 Å². The number of carboxylic acids is 1. The van der Waals surface area contributed by atoms with Crippen LogP contribution in [0.1, 0.15) is 36.9 Å². The lowest BCUT2D eigenvalue weighted by atomic mass is 9.89. The van der Waals surface area contributed by atoms with Gasteiger partial charge in [-0.25, -0.2) is 13.6 Å². The molecule has 0 amide bonds. The van der Waals surface area contributed by atoms with Crippen LogP contribution >= 0.6 is 0 Å². The Morgan fingerprint density at radius 3 is 2.50 bits per heavy atom. The van der Waals surface area contributed by atoms with Gasteiger partial charge >= 0.3 is 5.97 Å². The van der Waals surface area contributed by atoms with Gasteiger partial charge in [-0.3, -0.25) is 0 Å². The molecule has 1 aromatic heterocycles. The maximum Gasteiger partial charge on any atom is 0.341 e. The van der Waals surface area contributed by atoms with Gasteiger partial charge in [-0.2, -0.15) is 0 Å². The van der Waals surface area contributed by atoms with Crippen molar-refractivity contribution in [2.45, 2.75) is 26.2 Å². The zero-order valence-corrected chi connectivity index (χ0v) is 11.2. The van der Waals surface area contributed by atoms with Gasteiger partial charge in [0.25, 0.3) is 0 Å². The molecule has 0 spiro atoms. The van der Waals surface area contributed by atoms with Gasteiger partial charge < -0.3 is 9.63 Å². The fourth-order valence-corrected chi connectivity index (χ4v) is 1.87. The first-order valence-corrected chi connectivity index (χ1v) is 5.91. The number of carboxylic acid groups (broad SMARTS) is 1. The second-order valence-corrected chi connectivity index (χ2v) is 5.39. The predicted molar refractivity (Wildman–Crippen MR) is 67.5 cm³/mol. The summed E-state index contributed by atoms with van der Waals surface area (Å²) >= 11 is 0. The Morgan fingerprint density at radius 1 is 1.30 bits per heavy atom. The van der Waals surface area contributed by atoms with Crippen molar-refractivity contribution in [1.29, 1.82) is 0 Å². The SMILES string of the molecule is CC(C)(C)c1onc(-c2cccc(F)c2F)c1C(=O)O. The van der Waals surface area contributed by atoms with Crippen molar-refractivity contribution in [3.8, 4) is 11.3 Å². The van der Waals surface area contributed by atoms with E-state index < -0.39 is 23.0 Å². The second-order valence-electron chi connectivity index (χ2n) is 5.39. The summed E-state index contributed by atoms with van der Waals surface area (Å²) in [7, 11) is 0. The van der Waals surface area contributed by atoms with E-state index in [1.165, 1.54) is 12.1 Å². The topological polar surface area (TPSA) is 63.3 Å². The molecule has 2 aromatic rings. The van der Waals surface area contributed by atoms with Crippen molar-refractivity contribution in [3.63, 3.8) is 0 Å². The van der Waals surface area contributed by atoms with Crippen LogP contribution in [0.4, 0.5) is 8.78 Å². The quantitative estimate of drug-likeness (QED) is 0.913. The van der Waals surface area contributed by atoms with Crippen LogP contribution in [0, 0.1) is 11.6 Å². The molecule has 0 atom stereocenters. The van der Waals surface area contributed by atoms with Gasteiger partial charge in [0.2, 0.25) is 0 Å². The first-order valence-electron chi connectivity index (χ1n) is 5.91. The maximum atomic E-state index is 13.8. The van der Waals surface area contributed by atoms with Crippen LogP contribution in [0.3, 0.4) is 0 Å². The van der Waals surface area contributed by atoms with Gasteiger partial charge in [0, 0.05) is 11.0 Å². The molecule has 106 valence electrons. The Bertz CT molecular complexity index is 672. The smallest absolute Gasteiger partial charge is 0.341 e. The molecule has 1 N–H and O–H groups in total. The highest BCUT2D eigenvalue weighted by Gasteiger charge is 2.32. The molecule has 20 heavy (non-hydrogen) atoms. The average Bonchev–Trinajstić information content (AvgIpc) is 2.77. The summed E-state index contributed by atoms with van der Waals surface area (Å²) in [6, 6.07) is 3.49. The van der Waals surface area contributed by atoms with Crippen molar-refractivity contribution in [2.24, 2.45) is 0 Å². The molecule has 6 heteroatoms. The Labute approximate surface area is 114 Å². The summed E-state index contributed by atoms with van der Waals surface area (Å²) in [6.07, 6.45) is 0. The average molecular weight is 281 g/mol. The molecule has 0 aliphatic heterocycles. The minimum absolute atomic E-state index is 0.115. The molecule has 0 radical (unpaired) electrons. The zero-order chi connectivity index (χ0) is 15.1. The van der Waals surface area contributed by atoms with Crippen LogP contribution in [0.25, 0.3) is 11.3 Å². The third kappa shape index (κ3) is 2.29. The molecule has 0 fully saturated rings. The monoisotopic (exact) mass is 281 g/mol. The van der Waals surface area contributed by atoms with Gasteiger partial charge in [-0.1, -0.05) is 32.0 Å². The fraction of sp³-hybridized carbons (Fsp3) is 0.286. The maximum absolute atomic E-state index is 13.8. The van der Waals surface area contributed by atoms with E-state index in [4.69, 9.17) is 4.52 Å². The third-order valence-electron chi connectivity index (χ3n) is 2.79. The minimum Gasteiger partial charge on any atom is -0.477 e. The van der Waals surface area contributed by atoms with E-state index in [1.54, 1.807) is 20.8 Å². The summed E-state index contributed by atoms with van der Waals surface area (Å²) in [5.41, 5.74) is -1.31. The van der Waals surface area contributed by atoms with E-state index >= 15 is 0 Å². The number of aromatic carboxylic acids is 1. The highest BCUT2D eigenvalue weighted by Crippen LogP contribution is 2.34. The number of halogens is 2. The van der Waals surface area contributed by atoms with Crippen LogP contribution in [-0.2, 0) is 5.41 Å². The van der Waals surface area contributed by atoms with Gasteiger partial charge in [-0.15, -0.1) is 0 Å². The largest absolute Gasteiger partial charge is 0.477 e. The van der Waals surface area contributed by atoms with E-state index in [-0.39, 0.29) is 22.6 Å². The summed E-state index contributed by atoms with van der Waals surface area (Å²) in [5, 5.41) is 12.9. The molecular formula is C14H13F2NO3. The molecule has 0 bridgehead atoms. The number of benzene rings is 1. The Hall–Kier alpha value is -2.24. The van der Waals surface area contributed by atoms with Crippen molar-refractivity contribution in [2.75, 3.05) is 0 Å². The molecule has 0 aliphatic rings. The van der Waals surface area contributed by atoms with Gasteiger partial charge in [-0.05, 0) is 12.1 Å². The number of hydrogen-bond donors (Lipinski definition) is 1. The standard InChI is InChI=1S/C14H13F2NO3/c1-14(2,3)12-9(13(18)19)11(17-20-12)7-5-4-6-8(15)10(7)16/h4-6H,1-3H3,(H,18,19). The van der Waals surface area contributed by atoms with Crippen molar-refractivity contribution >= 4 is 5.97 Å². The normalized spacial score (nSPS) is 11.7. The highest BCUT2D eigenvalue weighted by molar-refractivity contribution is 5.96. The molecule has 0 saturated carbocycles. The van der Waals surface area contributed by atoms with Crippen LogP contribution < -0.4 is 0 Å². The van der Waals surface area contributed by atoms with Gasteiger partial charge in [0.1, 0.15) is 11.3 Å². The lowest BCUT2D eigenvalue weighted by Crippen LogP contribution is -2.15. The summed E-state index contributed by atoms with van der Waals surface area (Å²) in [6.45, 7) is 5.23. The van der Waals surface area contributed by atoms with E-state index in [0.717, 1.165) is 6.07 Å². The minimum atomic E-state index is -1.30. The van der Waals surface area contributed by atoms with E-state index in [1.807, 2.05) is 0 Å². The first-order chi connectivity index (χ1) is 9.23.